The van der Waals surface area contributed by atoms with Crippen molar-refractivity contribution >= 4 is 24.3 Å². The van der Waals surface area contributed by atoms with Crippen LogP contribution in [0, 0.1) is 15.9 Å². The molecule has 104 valence electrons. The number of nitrogens with zero attached hydrogens (tertiary/aromatic N) is 1. The predicted octanol–water partition coefficient (Wildman–Crippen LogP) is 0.756. The molecule has 0 aliphatic rings. The van der Waals surface area contributed by atoms with Gasteiger partial charge in [-0.2, -0.15) is 12.6 Å². The molecule has 3 N–H and O–H groups in total. The number of hydrogen-bond acceptors (Lipinski definition) is 6. The van der Waals surface area contributed by atoms with Crippen molar-refractivity contribution in [1.82, 2.24) is 0 Å². The van der Waals surface area contributed by atoms with Gasteiger partial charge in [0, 0.05) is 17.4 Å². The van der Waals surface area contributed by atoms with Crippen molar-refractivity contribution in [3.8, 4) is 0 Å². The quantitative estimate of drug-likeness (QED) is 0.361. The van der Waals surface area contributed by atoms with Gasteiger partial charge in [0.15, 0.2) is 0 Å². The number of halogens is 1. The highest BCUT2D eigenvalue weighted by atomic mass is 32.1. The summed E-state index contributed by atoms with van der Waals surface area (Å²) in [6.45, 7) is 0. The highest BCUT2D eigenvalue weighted by molar-refractivity contribution is 7.80. The largest absolute Gasteiger partial charge is 0.477 e. The van der Waals surface area contributed by atoms with Gasteiger partial charge in [-0.25, -0.2) is 9.18 Å². The number of carboxylic acid groups (broad SMARTS) is 1. The molecule has 1 rings (SSSR count). The van der Waals surface area contributed by atoms with Crippen molar-refractivity contribution in [2.24, 2.45) is 0 Å². The Bertz CT molecular complexity index is 523. The molecule has 7 nitrogen and oxygen atoms in total. The Balaban J connectivity index is 3.40. The topological polar surface area (TPSA) is 121 Å². The number of hydrogen-bond donors (Lipinski definition) is 4. The molecule has 0 aliphatic carbocycles. The van der Waals surface area contributed by atoms with Crippen LogP contribution in [0.15, 0.2) is 12.1 Å². The molecule has 0 bridgehead atoms. The van der Waals surface area contributed by atoms with Gasteiger partial charge in [-0.1, -0.05) is 0 Å². The van der Waals surface area contributed by atoms with E-state index in [2.05, 4.69) is 12.6 Å². The van der Waals surface area contributed by atoms with E-state index in [9.17, 15) is 29.5 Å². The number of aromatic carboxylic acids is 1. The number of thiol groups is 1. The van der Waals surface area contributed by atoms with E-state index in [4.69, 9.17) is 5.11 Å². The van der Waals surface area contributed by atoms with Gasteiger partial charge in [0.05, 0.1) is 11.0 Å². The lowest BCUT2D eigenvalue weighted by molar-refractivity contribution is -0.385. The SMILES string of the molecule is O=C(O)c1cc(F)c(C(O)C(O)CS)cc1[N+](=O)[O-]. The number of benzene rings is 1. The highest BCUT2D eigenvalue weighted by Gasteiger charge is 2.28. The minimum absolute atomic E-state index is 0.199. The second kappa shape index (κ2) is 5.95. The summed E-state index contributed by atoms with van der Waals surface area (Å²) in [6, 6.07) is 1.03. The van der Waals surface area contributed by atoms with Crippen LogP contribution >= 0.6 is 12.6 Å². The molecule has 9 heteroatoms. The van der Waals surface area contributed by atoms with E-state index in [1.54, 1.807) is 0 Å². The summed E-state index contributed by atoms with van der Waals surface area (Å²) in [4.78, 5) is 20.5. The van der Waals surface area contributed by atoms with Crippen LogP contribution in [0.4, 0.5) is 10.1 Å². The molecule has 1 aromatic rings. The van der Waals surface area contributed by atoms with E-state index in [0.29, 0.717) is 12.1 Å². The zero-order valence-electron chi connectivity index (χ0n) is 9.36. The van der Waals surface area contributed by atoms with Crippen molar-refractivity contribution in [2.75, 3.05) is 5.75 Å². The first-order valence-electron chi connectivity index (χ1n) is 4.97. The lowest BCUT2D eigenvalue weighted by Crippen LogP contribution is -2.21. The summed E-state index contributed by atoms with van der Waals surface area (Å²) in [5, 5.41) is 38.4. The highest BCUT2D eigenvalue weighted by Crippen LogP contribution is 2.28. The molecule has 0 fully saturated rings. The van der Waals surface area contributed by atoms with Gasteiger partial charge < -0.3 is 15.3 Å². The monoisotopic (exact) mass is 291 g/mol. The Hall–Kier alpha value is -1.71. The third kappa shape index (κ3) is 3.19. The number of aliphatic hydroxyl groups excluding tert-OH is 2. The van der Waals surface area contributed by atoms with Gasteiger partial charge >= 0.3 is 5.97 Å². The Morgan fingerprint density at radius 2 is 2.05 bits per heavy atom. The normalized spacial score (nSPS) is 13.9. The molecule has 0 saturated heterocycles. The molecule has 0 aromatic heterocycles. The first-order valence-corrected chi connectivity index (χ1v) is 5.61. The predicted molar refractivity (Wildman–Crippen MR) is 64.8 cm³/mol. The molecular formula is C10H10FNO6S. The molecular weight excluding hydrogens is 281 g/mol. The van der Waals surface area contributed by atoms with Gasteiger partial charge in [-0.15, -0.1) is 0 Å². The van der Waals surface area contributed by atoms with E-state index < -0.39 is 45.7 Å². The van der Waals surface area contributed by atoms with E-state index in [1.807, 2.05) is 0 Å². The van der Waals surface area contributed by atoms with Gasteiger partial charge in [0.25, 0.3) is 5.69 Å². The fraction of sp³-hybridized carbons (Fsp3) is 0.300. The molecule has 0 radical (unpaired) electrons. The van der Waals surface area contributed by atoms with Crippen molar-refractivity contribution in [3.05, 3.63) is 39.2 Å². The zero-order chi connectivity index (χ0) is 14.7. The molecule has 2 unspecified atom stereocenters. The van der Waals surface area contributed by atoms with Crippen LogP contribution in [0.2, 0.25) is 0 Å². The summed E-state index contributed by atoms with van der Waals surface area (Å²) in [5.74, 6) is -3.02. The maximum Gasteiger partial charge on any atom is 0.342 e. The van der Waals surface area contributed by atoms with Crippen molar-refractivity contribution in [2.45, 2.75) is 12.2 Å². The van der Waals surface area contributed by atoms with Crippen molar-refractivity contribution < 1.29 is 29.4 Å². The summed E-state index contributed by atoms with van der Waals surface area (Å²) in [7, 11) is 0. The second-order valence-electron chi connectivity index (χ2n) is 3.65. The van der Waals surface area contributed by atoms with E-state index in [-0.39, 0.29) is 5.75 Å². The lowest BCUT2D eigenvalue weighted by Gasteiger charge is -2.17. The minimum Gasteiger partial charge on any atom is -0.477 e. The third-order valence-electron chi connectivity index (χ3n) is 2.41. The molecule has 0 heterocycles. The van der Waals surface area contributed by atoms with Crippen molar-refractivity contribution in [1.29, 1.82) is 0 Å². The molecule has 1 aromatic carbocycles. The Morgan fingerprint density at radius 1 is 1.47 bits per heavy atom. The number of carboxylic acids is 1. The van der Waals surface area contributed by atoms with Crippen LogP contribution in [-0.2, 0) is 0 Å². The Kier molecular flexibility index (Phi) is 4.81. The maximum absolute atomic E-state index is 13.6. The maximum atomic E-state index is 13.6. The lowest BCUT2D eigenvalue weighted by atomic mass is 10.0. The first-order chi connectivity index (χ1) is 8.79. The zero-order valence-corrected chi connectivity index (χ0v) is 10.2. The molecule has 2 atom stereocenters. The standard InChI is InChI=1S/C10H10FNO6S/c11-6-1-5(10(15)16)7(12(17)18)2-4(6)9(14)8(13)3-19/h1-2,8-9,13-14,19H,3H2,(H,15,16). The second-order valence-corrected chi connectivity index (χ2v) is 4.01. The number of carbonyl (C=O) groups is 1. The molecule has 19 heavy (non-hydrogen) atoms. The van der Waals surface area contributed by atoms with Gasteiger partial charge in [-0.05, 0) is 6.07 Å². The van der Waals surface area contributed by atoms with Crippen molar-refractivity contribution in [3.63, 3.8) is 0 Å². The number of rotatable bonds is 5. The Morgan fingerprint density at radius 3 is 2.47 bits per heavy atom. The molecule has 0 amide bonds. The van der Waals surface area contributed by atoms with Gasteiger partial charge in [0.1, 0.15) is 17.5 Å². The van der Waals surface area contributed by atoms with Crippen LogP contribution in [0.3, 0.4) is 0 Å². The van der Waals surface area contributed by atoms with Gasteiger partial charge in [0.2, 0.25) is 0 Å². The number of aliphatic hydroxyl groups is 2. The van der Waals surface area contributed by atoms with E-state index >= 15 is 0 Å². The summed E-state index contributed by atoms with van der Waals surface area (Å²) in [5.41, 5.74) is -2.26. The summed E-state index contributed by atoms with van der Waals surface area (Å²) in [6.07, 6.45) is -3.17. The average Bonchev–Trinajstić information content (AvgIpc) is 2.36. The fourth-order valence-electron chi connectivity index (χ4n) is 1.43. The van der Waals surface area contributed by atoms with Crippen LogP contribution in [0.1, 0.15) is 22.0 Å². The molecule has 0 aliphatic heterocycles. The van der Waals surface area contributed by atoms with E-state index in [0.717, 1.165) is 0 Å². The molecule has 0 spiro atoms. The van der Waals surface area contributed by atoms with Crippen LogP contribution in [0.5, 0.6) is 0 Å². The minimum atomic E-state index is -1.74. The fourth-order valence-corrected chi connectivity index (χ4v) is 1.63. The third-order valence-corrected chi connectivity index (χ3v) is 2.79. The van der Waals surface area contributed by atoms with Crippen LogP contribution in [0.25, 0.3) is 0 Å². The van der Waals surface area contributed by atoms with Crippen LogP contribution < -0.4 is 0 Å². The van der Waals surface area contributed by atoms with Crippen LogP contribution in [-0.4, -0.2) is 38.1 Å². The number of nitro benzene ring substituents is 1. The first kappa shape index (κ1) is 15.3. The number of nitro groups is 1. The molecule has 0 saturated carbocycles. The average molecular weight is 291 g/mol. The summed E-state index contributed by atoms with van der Waals surface area (Å²) >= 11 is 3.70. The summed E-state index contributed by atoms with van der Waals surface area (Å²) < 4.78 is 13.6. The van der Waals surface area contributed by atoms with E-state index in [1.165, 1.54) is 0 Å². The Labute approximate surface area is 111 Å². The smallest absolute Gasteiger partial charge is 0.342 e. The van der Waals surface area contributed by atoms with Gasteiger partial charge in [-0.3, -0.25) is 10.1 Å².